The SMILES string of the molecule is Cc1cnn(CC(=O)N2CCc3ncnc(N4CCOCC4)c3CC2)c1. The zero-order valence-corrected chi connectivity index (χ0v) is 15.1. The highest BCUT2D eigenvalue weighted by Crippen LogP contribution is 2.24. The molecule has 2 aromatic rings. The third-order valence-corrected chi connectivity index (χ3v) is 4.99. The van der Waals surface area contributed by atoms with Crippen molar-refractivity contribution in [2.24, 2.45) is 0 Å². The lowest BCUT2D eigenvalue weighted by atomic mass is 10.1. The fourth-order valence-corrected chi connectivity index (χ4v) is 3.60. The van der Waals surface area contributed by atoms with E-state index in [0.29, 0.717) is 13.1 Å². The summed E-state index contributed by atoms with van der Waals surface area (Å²) in [6, 6.07) is 0. The summed E-state index contributed by atoms with van der Waals surface area (Å²) < 4.78 is 7.15. The van der Waals surface area contributed by atoms with Crippen molar-refractivity contribution in [3.8, 4) is 0 Å². The molecule has 26 heavy (non-hydrogen) atoms. The highest BCUT2D eigenvalue weighted by molar-refractivity contribution is 5.76. The number of ether oxygens (including phenoxy) is 1. The van der Waals surface area contributed by atoms with Crippen LogP contribution in [0.2, 0.25) is 0 Å². The Morgan fingerprint density at radius 3 is 2.73 bits per heavy atom. The number of carbonyl (C=O) groups excluding carboxylic acids is 1. The van der Waals surface area contributed by atoms with Crippen molar-refractivity contribution in [2.75, 3.05) is 44.3 Å². The molecule has 0 atom stereocenters. The van der Waals surface area contributed by atoms with Crippen LogP contribution in [-0.4, -0.2) is 69.9 Å². The van der Waals surface area contributed by atoms with Gasteiger partial charge in [0.2, 0.25) is 5.91 Å². The molecule has 2 aliphatic heterocycles. The first-order chi connectivity index (χ1) is 12.7. The normalized spacial score (nSPS) is 17.7. The van der Waals surface area contributed by atoms with Crippen LogP contribution in [0.3, 0.4) is 0 Å². The molecule has 138 valence electrons. The molecule has 1 amide bonds. The van der Waals surface area contributed by atoms with Gasteiger partial charge in [-0.2, -0.15) is 5.10 Å². The Kier molecular flexibility index (Phi) is 4.83. The highest BCUT2D eigenvalue weighted by atomic mass is 16.5. The Balaban J connectivity index is 1.47. The number of hydrogen-bond donors (Lipinski definition) is 0. The summed E-state index contributed by atoms with van der Waals surface area (Å²) in [5.74, 6) is 1.11. The highest BCUT2D eigenvalue weighted by Gasteiger charge is 2.24. The van der Waals surface area contributed by atoms with Crippen molar-refractivity contribution in [1.82, 2.24) is 24.6 Å². The Morgan fingerprint density at radius 2 is 1.96 bits per heavy atom. The first-order valence-electron chi connectivity index (χ1n) is 9.13. The number of aromatic nitrogens is 4. The van der Waals surface area contributed by atoms with E-state index in [-0.39, 0.29) is 12.5 Å². The predicted molar refractivity (Wildman–Crippen MR) is 96.0 cm³/mol. The van der Waals surface area contributed by atoms with Gasteiger partial charge in [0.1, 0.15) is 18.7 Å². The summed E-state index contributed by atoms with van der Waals surface area (Å²) in [7, 11) is 0. The van der Waals surface area contributed by atoms with Crippen LogP contribution in [-0.2, 0) is 28.9 Å². The van der Waals surface area contributed by atoms with Gasteiger partial charge in [-0.1, -0.05) is 0 Å². The Morgan fingerprint density at radius 1 is 1.15 bits per heavy atom. The minimum absolute atomic E-state index is 0.0989. The van der Waals surface area contributed by atoms with Gasteiger partial charge in [0.15, 0.2) is 0 Å². The van der Waals surface area contributed by atoms with Crippen molar-refractivity contribution in [2.45, 2.75) is 26.3 Å². The van der Waals surface area contributed by atoms with Gasteiger partial charge in [-0.05, 0) is 18.9 Å². The van der Waals surface area contributed by atoms with Crippen LogP contribution in [0.15, 0.2) is 18.7 Å². The Hall–Kier alpha value is -2.48. The van der Waals surface area contributed by atoms with E-state index < -0.39 is 0 Å². The Bertz CT molecular complexity index is 784. The molecule has 0 bridgehead atoms. The Labute approximate surface area is 152 Å². The zero-order chi connectivity index (χ0) is 17.9. The lowest BCUT2D eigenvalue weighted by molar-refractivity contribution is -0.131. The van der Waals surface area contributed by atoms with E-state index in [1.165, 1.54) is 5.56 Å². The first kappa shape index (κ1) is 17.0. The van der Waals surface area contributed by atoms with E-state index in [4.69, 9.17) is 4.74 Å². The van der Waals surface area contributed by atoms with Crippen LogP contribution in [0.5, 0.6) is 0 Å². The van der Waals surface area contributed by atoms with Gasteiger partial charge in [-0.15, -0.1) is 0 Å². The minimum Gasteiger partial charge on any atom is -0.378 e. The van der Waals surface area contributed by atoms with Crippen LogP contribution in [0, 0.1) is 6.92 Å². The van der Waals surface area contributed by atoms with E-state index in [2.05, 4.69) is 20.0 Å². The predicted octanol–water partition coefficient (Wildman–Crippen LogP) is 0.446. The molecule has 0 radical (unpaired) electrons. The largest absolute Gasteiger partial charge is 0.378 e. The fraction of sp³-hybridized carbons (Fsp3) is 0.556. The van der Waals surface area contributed by atoms with Crippen LogP contribution in [0.1, 0.15) is 16.8 Å². The van der Waals surface area contributed by atoms with Crippen molar-refractivity contribution in [3.05, 3.63) is 35.5 Å². The number of morpholine rings is 1. The molecular weight excluding hydrogens is 332 g/mol. The smallest absolute Gasteiger partial charge is 0.244 e. The molecule has 4 rings (SSSR count). The standard InChI is InChI=1S/C18H24N6O2/c1-14-10-21-24(11-14)12-17(25)22-4-2-15-16(3-5-22)19-13-20-18(15)23-6-8-26-9-7-23/h10-11,13H,2-9,12H2,1H3. The van der Waals surface area contributed by atoms with Gasteiger partial charge >= 0.3 is 0 Å². The lowest BCUT2D eigenvalue weighted by Gasteiger charge is -2.29. The molecule has 0 N–H and O–H groups in total. The van der Waals surface area contributed by atoms with Gasteiger partial charge < -0.3 is 14.5 Å². The fourth-order valence-electron chi connectivity index (χ4n) is 3.60. The maximum Gasteiger partial charge on any atom is 0.244 e. The van der Waals surface area contributed by atoms with Gasteiger partial charge in [-0.3, -0.25) is 9.48 Å². The van der Waals surface area contributed by atoms with Crippen LogP contribution in [0.4, 0.5) is 5.82 Å². The van der Waals surface area contributed by atoms with Crippen molar-refractivity contribution in [1.29, 1.82) is 0 Å². The van der Waals surface area contributed by atoms with Crippen molar-refractivity contribution in [3.63, 3.8) is 0 Å². The summed E-state index contributed by atoms with van der Waals surface area (Å²) in [6.07, 6.45) is 6.86. The molecule has 2 aliphatic rings. The van der Waals surface area contributed by atoms with Crippen molar-refractivity contribution >= 4 is 11.7 Å². The average molecular weight is 356 g/mol. The quantitative estimate of drug-likeness (QED) is 0.795. The van der Waals surface area contributed by atoms with Crippen LogP contribution in [0.25, 0.3) is 0 Å². The number of nitrogens with zero attached hydrogens (tertiary/aromatic N) is 6. The number of aryl methyl sites for hydroxylation is 1. The van der Waals surface area contributed by atoms with Crippen LogP contribution < -0.4 is 4.90 Å². The molecule has 0 spiro atoms. The maximum absolute atomic E-state index is 12.7. The third-order valence-electron chi connectivity index (χ3n) is 4.99. The molecule has 1 saturated heterocycles. The summed E-state index contributed by atoms with van der Waals surface area (Å²) >= 11 is 0. The monoisotopic (exact) mass is 356 g/mol. The van der Waals surface area contributed by atoms with E-state index in [0.717, 1.165) is 56.2 Å². The third kappa shape index (κ3) is 3.55. The first-order valence-corrected chi connectivity index (χ1v) is 9.13. The number of hydrogen-bond acceptors (Lipinski definition) is 6. The molecule has 8 heteroatoms. The molecule has 0 saturated carbocycles. The average Bonchev–Trinajstić information content (AvgIpc) is 2.94. The van der Waals surface area contributed by atoms with E-state index in [9.17, 15) is 4.79 Å². The van der Waals surface area contributed by atoms with Gasteiger partial charge in [0.05, 0.1) is 25.1 Å². The number of carbonyl (C=O) groups is 1. The topological polar surface area (TPSA) is 76.4 Å². The summed E-state index contributed by atoms with van der Waals surface area (Å²) in [4.78, 5) is 25.9. The summed E-state index contributed by atoms with van der Waals surface area (Å²) in [5.41, 5.74) is 3.30. The summed E-state index contributed by atoms with van der Waals surface area (Å²) in [6.45, 7) is 6.80. The van der Waals surface area contributed by atoms with Crippen molar-refractivity contribution < 1.29 is 9.53 Å². The molecule has 8 nitrogen and oxygen atoms in total. The second-order valence-corrected chi connectivity index (χ2v) is 6.82. The maximum atomic E-state index is 12.7. The lowest BCUT2D eigenvalue weighted by Crippen LogP contribution is -2.38. The minimum atomic E-state index is 0.0989. The van der Waals surface area contributed by atoms with Gasteiger partial charge in [0, 0.05) is 44.4 Å². The van der Waals surface area contributed by atoms with Gasteiger partial charge in [0.25, 0.3) is 0 Å². The number of fused-ring (bicyclic) bond motifs is 1. The number of anilines is 1. The summed E-state index contributed by atoms with van der Waals surface area (Å²) in [5, 5.41) is 4.22. The molecule has 2 aromatic heterocycles. The zero-order valence-electron chi connectivity index (χ0n) is 15.1. The molecule has 1 fully saturated rings. The molecule has 0 aliphatic carbocycles. The van der Waals surface area contributed by atoms with Gasteiger partial charge in [-0.25, -0.2) is 9.97 Å². The second-order valence-electron chi connectivity index (χ2n) is 6.82. The molecular formula is C18H24N6O2. The molecule has 4 heterocycles. The second kappa shape index (κ2) is 7.41. The van der Waals surface area contributed by atoms with E-state index in [1.54, 1.807) is 17.2 Å². The van der Waals surface area contributed by atoms with E-state index in [1.807, 2.05) is 18.0 Å². The number of amides is 1. The van der Waals surface area contributed by atoms with E-state index >= 15 is 0 Å². The number of rotatable bonds is 3. The molecule has 0 aromatic carbocycles. The van der Waals surface area contributed by atoms with Crippen LogP contribution >= 0.6 is 0 Å². The molecule has 0 unspecified atom stereocenters.